The Morgan fingerprint density at radius 2 is 1.68 bits per heavy atom. The third-order valence-corrected chi connectivity index (χ3v) is 4.09. The van der Waals surface area contributed by atoms with Crippen LogP contribution in [0.2, 0.25) is 15.1 Å². The van der Waals surface area contributed by atoms with E-state index in [-0.39, 0.29) is 16.1 Å². The number of rotatable bonds is 4. The molecule has 1 atom stereocenters. The van der Waals surface area contributed by atoms with E-state index in [1.54, 1.807) is 6.07 Å². The number of carboxylic acid groups (broad SMARTS) is 1. The molecule has 2 aromatic carbocycles. The number of halogens is 3. The average molecular weight is 359 g/mol. The lowest BCUT2D eigenvalue weighted by molar-refractivity contribution is -0.118. The van der Waals surface area contributed by atoms with Gasteiger partial charge in [-0.2, -0.15) is 0 Å². The zero-order valence-electron chi connectivity index (χ0n) is 11.0. The van der Waals surface area contributed by atoms with Gasteiger partial charge in [-0.05, 0) is 41.5 Å². The lowest BCUT2D eigenvalue weighted by Gasteiger charge is -2.17. The van der Waals surface area contributed by atoms with E-state index in [1.807, 2.05) is 0 Å². The Labute approximate surface area is 141 Å². The van der Waals surface area contributed by atoms with E-state index in [0.717, 1.165) is 0 Å². The smallest absolute Gasteiger partial charge is 0.336 e. The van der Waals surface area contributed by atoms with Crippen molar-refractivity contribution in [2.75, 3.05) is 0 Å². The minimum absolute atomic E-state index is 0.0562. The van der Waals surface area contributed by atoms with Gasteiger partial charge < -0.3 is 10.8 Å². The van der Waals surface area contributed by atoms with Crippen LogP contribution in [-0.4, -0.2) is 17.0 Å². The first-order valence-corrected chi connectivity index (χ1v) is 7.21. The highest BCUT2D eigenvalue weighted by Gasteiger charge is 2.26. The van der Waals surface area contributed by atoms with Crippen LogP contribution in [0.15, 0.2) is 36.4 Å². The molecule has 114 valence electrons. The van der Waals surface area contributed by atoms with Crippen molar-refractivity contribution >= 4 is 46.7 Å². The van der Waals surface area contributed by atoms with Gasteiger partial charge in [-0.25, -0.2) is 4.79 Å². The number of carboxylic acids is 1. The molecule has 0 aliphatic rings. The molecule has 0 saturated heterocycles. The van der Waals surface area contributed by atoms with Crippen molar-refractivity contribution in [2.45, 2.75) is 5.92 Å². The predicted octanol–water partition coefficient (Wildman–Crippen LogP) is 3.96. The topological polar surface area (TPSA) is 80.4 Å². The number of aromatic carboxylic acids is 1. The zero-order chi connectivity index (χ0) is 16.4. The maximum Gasteiger partial charge on any atom is 0.336 e. The van der Waals surface area contributed by atoms with Crippen molar-refractivity contribution in [2.24, 2.45) is 5.73 Å². The number of carbonyl (C=O) groups excluding carboxylic acids is 1. The number of hydrogen-bond donors (Lipinski definition) is 2. The van der Waals surface area contributed by atoms with Gasteiger partial charge in [-0.3, -0.25) is 4.79 Å². The SMILES string of the molecule is NC(=O)C(c1ccc(Cl)c(Cl)c1)c1cc(Cl)ccc1C(=O)O. The molecule has 2 rings (SSSR count). The first kappa shape index (κ1) is 16.6. The van der Waals surface area contributed by atoms with Gasteiger partial charge in [0.15, 0.2) is 0 Å². The maximum absolute atomic E-state index is 11.9. The van der Waals surface area contributed by atoms with Crippen LogP contribution in [0.1, 0.15) is 27.4 Å². The van der Waals surface area contributed by atoms with Crippen molar-refractivity contribution in [3.05, 3.63) is 68.2 Å². The van der Waals surface area contributed by atoms with Gasteiger partial charge in [0, 0.05) is 5.02 Å². The molecule has 22 heavy (non-hydrogen) atoms. The van der Waals surface area contributed by atoms with Crippen LogP contribution in [0.5, 0.6) is 0 Å². The maximum atomic E-state index is 11.9. The quantitative estimate of drug-likeness (QED) is 0.868. The van der Waals surface area contributed by atoms with E-state index >= 15 is 0 Å². The number of hydrogen-bond acceptors (Lipinski definition) is 2. The fourth-order valence-corrected chi connectivity index (χ4v) is 2.64. The Kier molecular flexibility index (Phi) is 4.96. The molecule has 0 aromatic heterocycles. The zero-order valence-corrected chi connectivity index (χ0v) is 13.3. The van der Waals surface area contributed by atoms with E-state index in [0.29, 0.717) is 15.6 Å². The number of nitrogens with two attached hydrogens (primary N) is 1. The van der Waals surface area contributed by atoms with E-state index < -0.39 is 17.8 Å². The lowest BCUT2D eigenvalue weighted by Crippen LogP contribution is -2.24. The summed E-state index contributed by atoms with van der Waals surface area (Å²) >= 11 is 17.7. The molecule has 7 heteroatoms. The summed E-state index contributed by atoms with van der Waals surface area (Å²) in [6.45, 7) is 0. The molecule has 0 aliphatic carbocycles. The number of carbonyl (C=O) groups is 2. The summed E-state index contributed by atoms with van der Waals surface area (Å²) in [5.41, 5.74) is 6.04. The molecule has 1 unspecified atom stereocenters. The predicted molar refractivity (Wildman–Crippen MR) is 85.9 cm³/mol. The highest BCUT2D eigenvalue weighted by Crippen LogP contribution is 2.33. The van der Waals surface area contributed by atoms with Crippen LogP contribution in [-0.2, 0) is 4.79 Å². The summed E-state index contributed by atoms with van der Waals surface area (Å²) in [7, 11) is 0. The van der Waals surface area contributed by atoms with Crippen LogP contribution < -0.4 is 5.73 Å². The van der Waals surface area contributed by atoms with E-state index in [4.69, 9.17) is 40.5 Å². The third-order valence-electron chi connectivity index (χ3n) is 3.12. The fraction of sp³-hybridized carbons (Fsp3) is 0.0667. The molecule has 1 amide bonds. The van der Waals surface area contributed by atoms with Crippen molar-refractivity contribution in [3.63, 3.8) is 0 Å². The van der Waals surface area contributed by atoms with Crippen LogP contribution in [0.4, 0.5) is 0 Å². The largest absolute Gasteiger partial charge is 0.478 e. The molecule has 0 spiro atoms. The molecule has 3 N–H and O–H groups in total. The summed E-state index contributed by atoms with van der Waals surface area (Å²) in [4.78, 5) is 23.3. The van der Waals surface area contributed by atoms with E-state index in [1.165, 1.54) is 30.3 Å². The minimum atomic E-state index is -1.18. The van der Waals surface area contributed by atoms with Gasteiger partial charge in [0.05, 0.1) is 21.5 Å². The van der Waals surface area contributed by atoms with Crippen molar-refractivity contribution in [1.29, 1.82) is 0 Å². The van der Waals surface area contributed by atoms with Gasteiger partial charge in [-0.1, -0.05) is 40.9 Å². The molecule has 0 saturated carbocycles. The highest BCUT2D eigenvalue weighted by molar-refractivity contribution is 6.42. The minimum Gasteiger partial charge on any atom is -0.478 e. The summed E-state index contributed by atoms with van der Waals surface area (Å²) in [6, 6.07) is 8.72. The second-order valence-corrected chi connectivity index (χ2v) is 5.80. The molecule has 0 heterocycles. The fourth-order valence-electron chi connectivity index (χ4n) is 2.16. The Balaban J connectivity index is 2.67. The molecule has 0 bridgehead atoms. The van der Waals surface area contributed by atoms with Gasteiger partial charge in [0.2, 0.25) is 5.91 Å². The highest BCUT2D eigenvalue weighted by atomic mass is 35.5. The molecular weight excluding hydrogens is 349 g/mol. The molecule has 4 nitrogen and oxygen atoms in total. The lowest BCUT2D eigenvalue weighted by atomic mass is 9.87. The summed E-state index contributed by atoms with van der Waals surface area (Å²) in [5, 5.41) is 10.1. The van der Waals surface area contributed by atoms with E-state index in [9.17, 15) is 14.7 Å². The second kappa shape index (κ2) is 6.57. The second-order valence-electron chi connectivity index (χ2n) is 4.55. The first-order valence-electron chi connectivity index (χ1n) is 6.08. The van der Waals surface area contributed by atoms with Crippen molar-refractivity contribution in [1.82, 2.24) is 0 Å². The normalized spacial score (nSPS) is 12.0. The molecular formula is C15H10Cl3NO3. The summed E-state index contributed by atoms with van der Waals surface area (Å²) in [6.07, 6.45) is 0. The number of primary amides is 1. The monoisotopic (exact) mass is 357 g/mol. The third kappa shape index (κ3) is 3.35. The van der Waals surface area contributed by atoms with Crippen molar-refractivity contribution < 1.29 is 14.7 Å². The van der Waals surface area contributed by atoms with Crippen LogP contribution in [0.3, 0.4) is 0 Å². The molecule has 0 radical (unpaired) electrons. The molecule has 2 aromatic rings. The number of benzene rings is 2. The van der Waals surface area contributed by atoms with Gasteiger partial charge in [0.25, 0.3) is 0 Å². The van der Waals surface area contributed by atoms with Gasteiger partial charge in [-0.15, -0.1) is 0 Å². The Morgan fingerprint density at radius 3 is 2.23 bits per heavy atom. The van der Waals surface area contributed by atoms with Gasteiger partial charge in [0.1, 0.15) is 0 Å². The molecule has 0 aliphatic heterocycles. The summed E-state index contributed by atoms with van der Waals surface area (Å²) < 4.78 is 0. The Hall–Kier alpha value is -1.75. The summed E-state index contributed by atoms with van der Waals surface area (Å²) in [5.74, 6) is -2.90. The van der Waals surface area contributed by atoms with Gasteiger partial charge >= 0.3 is 5.97 Å². The Morgan fingerprint density at radius 1 is 1.00 bits per heavy atom. The standard InChI is InChI=1S/C15H10Cl3NO3/c16-8-2-3-9(15(21)22)10(6-8)13(14(19)20)7-1-4-11(17)12(18)5-7/h1-6,13H,(H2,19,20)(H,21,22). The van der Waals surface area contributed by atoms with Crippen LogP contribution in [0, 0.1) is 0 Å². The molecule has 0 fully saturated rings. The number of amides is 1. The average Bonchev–Trinajstić information content (AvgIpc) is 2.42. The van der Waals surface area contributed by atoms with Crippen molar-refractivity contribution in [3.8, 4) is 0 Å². The first-order chi connectivity index (χ1) is 10.3. The van der Waals surface area contributed by atoms with Crippen LogP contribution >= 0.6 is 34.8 Å². The van der Waals surface area contributed by atoms with Crippen LogP contribution in [0.25, 0.3) is 0 Å². The Bertz CT molecular complexity index is 762. The van der Waals surface area contributed by atoms with E-state index in [2.05, 4.69) is 0 Å².